The number of halogens is 2. The highest BCUT2D eigenvalue weighted by molar-refractivity contribution is 6.42. The second-order valence-electron chi connectivity index (χ2n) is 7.07. The van der Waals surface area contributed by atoms with Crippen LogP contribution in [-0.4, -0.2) is 55.5 Å². The summed E-state index contributed by atoms with van der Waals surface area (Å²) in [5.41, 5.74) is 2.94. The molecule has 1 saturated heterocycles. The first-order valence-electron chi connectivity index (χ1n) is 9.23. The lowest BCUT2D eigenvalue weighted by Gasteiger charge is -2.32. The third kappa shape index (κ3) is 6.22. The Hall–Kier alpha value is -1.59. The Labute approximate surface area is 171 Å². The number of nitrogens with zero attached hydrogens (tertiary/aromatic N) is 2. The fraction of sp³-hybridized carbons (Fsp3) is 0.381. The summed E-state index contributed by atoms with van der Waals surface area (Å²) >= 11 is 11.9. The molecular formula is C21H25Cl2N3O. The highest BCUT2D eigenvalue weighted by atomic mass is 35.5. The van der Waals surface area contributed by atoms with E-state index < -0.39 is 0 Å². The minimum Gasteiger partial charge on any atom is -0.326 e. The number of hydrogen-bond donors (Lipinski definition) is 1. The zero-order valence-electron chi connectivity index (χ0n) is 15.5. The van der Waals surface area contributed by atoms with Crippen LogP contribution < -0.4 is 5.32 Å². The number of anilines is 1. The van der Waals surface area contributed by atoms with Gasteiger partial charge in [0, 0.05) is 38.4 Å². The minimum absolute atomic E-state index is 0.0708. The first-order chi connectivity index (χ1) is 13.0. The van der Waals surface area contributed by atoms with Crippen LogP contribution in [0, 0.1) is 0 Å². The van der Waals surface area contributed by atoms with Crippen LogP contribution in [-0.2, 0) is 17.6 Å². The predicted molar refractivity (Wildman–Crippen MR) is 113 cm³/mol. The van der Waals surface area contributed by atoms with Gasteiger partial charge >= 0.3 is 0 Å². The van der Waals surface area contributed by atoms with Crippen molar-refractivity contribution in [2.75, 3.05) is 45.1 Å². The summed E-state index contributed by atoms with van der Waals surface area (Å²) in [7, 11) is 2.17. The molecule has 144 valence electrons. The Morgan fingerprint density at radius 3 is 2.30 bits per heavy atom. The highest BCUT2D eigenvalue weighted by Crippen LogP contribution is 2.23. The van der Waals surface area contributed by atoms with E-state index in [-0.39, 0.29) is 12.3 Å². The van der Waals surface area contributed by atoms with Crippen LogP contribution >= 0.6 is 23.2 Å². The summed E-state index contributed by atoms with van der Waals surface area (Å²) < 4.78 is 0. The molecular weight excluding hydrogens is 381 g/mol. The van der Waals surface area contributed by atoms with Gasteiger partial charge in [-0.3, -0.25) is 4.79 Å². The molecule has 1 aliphatic heterocycles. The molecule has 0 unspecified atom stereocenters. The molecule has 0 spiro atoms. The van der Waals surface area contributed by atoms with Gasteiger partial charge in [0.2, 0.25) is 5.91 Å². The smallest absolute Gasteiger partial charge is 0.228 e. The fourth-order valence-corrected chi connectivity index (χ4v) is 3.47. The van der Waals surface area contributed by atoms with Gasteiger partial charge in [-0.25, -0.2) is 0 Å². The monoisotopic (exact) mass is 405 g/mol. The lowest BCUT2D eigenvalue weighted by Crippen LogP contribution is -2.45. The molecule has 0 aromatic heterocycles. The van der Waals surface area contributed by atoms with Crippen molar-refractivity contribution in [2.45, 2.75) is 12.8 Å². The summed E-state index contributed by atoms with van der Waals surface area (Å²) in [6.45, 7) is 5.64. The number of amides is 1. The van der Waals surface area contributed by atoms with Crippen molar-refractivity contribution in [3.63, 3.8) is 0 Å². The zero-order chi connectivity index (χ0) is 19.2. The van der Waals surface area contributed by atoms with E-state index in [0.717, 1.165) is 50.4 Å². The predicted octanol–water partition coefficient (Wildman–Crippen LogP) is 3.96. The number of piperazine rings is 1. The molecule has 1 aliphatic rings. The fourth-order valence-electron chi connectivity index (χ4n) is 3.15. The van der Waals surface area contributed by atoms with Crippen LogP contribution in [0.2, 0.25) is 10.0 Å². The number of hydrogen-bond acceptors (Lipinski definition) is 3. The van der Waals surface area contributed by atoms with Crippen LogP contribution in [0.25, 0.3) is 0 Å². The van der Waals surface area contributed by atoms with Gasteiger partial charge in [0.15, 0.2) is 0 Å². The number of carbonyl (C=O) groups excluding carboxylic acids is 1. The standard InChI is InChI=1S/C21H25Cl2N3O/c1-25-10-12-26(13-11-25)9-8-16-2-5-18(6-3-16)24-21(27)15-17-4-7-19(22)20(23)14-17/h2-7,14H,8-13,15H2,1H3,(H,24,27). The zero-order valence-corrected chi connectivity index (χ0v) is 17.1. The van der Waals surface area contributed by atoms with E-state index in [4.69, 9.17) is 23.2 Å². The van der Waals surface area contributed by atoms with Crippen LogP contribution in [0.4, 0.5) is 5.69 Å². The summed E-state index contributed by atoms with van der Waals surface area (Å²) in [5, 5.41) is 3.89. The molecule has 3 rings (SSSR count). The van der Waals surface area contributed by atoms with Crippen LogP contribution in [0.5, 0.6) is 0 Å². The number of nitrogens with one attached hydrogen (secondary N) is 1. The van der Waals surface area contributed by atoms with Gasteiger partial charge in [0.05, 0.1) is 16.5 Å². The Morgan fingerprint density at radius 1 is 0.963 bits per heavy atom. The average molecular weight is 406 g/mol. The van der Waals surface area contributed by atoms with Gasteiger partial charge in [-0.15, -0.1) is 0 Å². The average Bonchev–Trinajstić information content (AvgIpc) is 2.65. The number of benzene rings is 2. The van der Waals surface area contributed by atoms with Crippen LogP contribution in [0.1, 0.15) is 11.1 Å². The van der Waals surface area contributed by atoms with Crippen molar-refractivity contribution in [2.24, 2.45) is 0 Å². The second kappa shape index (κ2) is 9.56. The van der Waals surface area contributed by atoms with Gasteiger partial charge in [-0.1, -0.05) is 41.4 Å². The van der Waals surface area contributed by atoms with Gasteiger partial charge in [0.25, 0.3) is 0 Å². The molecule has 1 amide bonds. The summed E-state index contributed by atoms with van der Waals surface area (Å²) in [6, 6.07) is 13.4. The van der Waals surface area contributed by atoms with Gasteiger partial charge in [-0.05, 0) is 48.9 Å². The van der Waals surface area contributed by atoms with Crippen molar-refractivity contribution < 1.29 is 4.79 Å². The molecule has 1 N–H and O–H groups in total. The first kappa shape index (κ1) is 20.2. The molecule has 1 heterocycles. The molecule has 0 saturated carbocycles. The Morgan fingerprint density at radius 2 is 1.63 bits per heavy atom. The number of carbonyl (C=O) groups is 1. The molecule has 0 atom stereocenters. The quantitative estimate of drug-likeness (QED) is 0.789. The van der Waals surface area contributed by atoms with E-state index >= 15 is 0 Å². The van der Waals surface area contributed by atoms with E-state index in [1.807, 2.05) is 18.2 Å². The largest absolute Gasteiger partial charge is 0.326 e. The van der Waals surface area contributed by atoms with Crippen molar-refractivity contribution in [3.8, 4) is 0 Å². The molecule has 0 aliphatic carbocycles. The van der Waals surface area contributed by atoms with Crippen LogP contribution in [0.3, 0.4) is 0 Å². The van der Waals surface area contributed by atoms with Crippen molar-refractivity contribution in [3.05, 3.63) is 63.6 Å². The SMILES string of the molecule is CN1CCN(CCc2ccc(NC(=O)Cc3ccc(Cl)c(Cl)c3)cc2)CC1. The van der Waals surface area contributed by atoms with Crippen molar-refractivity contribution in [1.29, 1.82) is 0 Å². The second-order valence-corrected chi connectivity index (χ2v) is 7.88. The summed E-state index contributed by atoms with van der Waals surface area (Å²) in [5.74, 6) is -0.0708. The van der Waals surface area contributed by atoms with E-state index in [0.29, 0.717) is 10.0 Å². The molecule has 0 bridgehead atoms. The summed E-state index contributed by atoms with van der Waals surface area (Å²) in [6.07, 6.45) is 1.29. The molecule has 2 aromatic rings. The Balaban J connectivity index is 1.46. The van der Waals surface area contributed by atoms with Crippen molar-refractivity contribution >= 4 is 34.8 Å². The van der Waals surface area contributed by atoms with E-state index in [2.05, 4.69) is 34.3 Å². The van der Waals surface area contributed by atoms with Gasteiger partial charge < -0.3 is 15.1 Å². The lowest BCUT2D eigenvalue weighted by molar-refractivity contribution is -0.115. The molecule has 6 heteroatoms. The highest BCUT2D eigenvalue weighted by Gasteiger charge is 2.13. The van der Waals surface area contributed by atoms with E-state index in [9.17, 15) is 4.79 Å². The number of likely N-dealkylation sites (N-methyl/N-ethyl adjacent to an activating group) is 1. The topological polar surface area (TPSA) is 35.6 Å². The van der Waals surface area contributed by atoms with E-state index in [1.54, 1.807) is 12.1 Å². The third-order valence-corrected chi connectivity index (χ3v) is 5.64. The Bertz CT molecular complexity index is 771. The number of rotatable bonds is 6. The lowest BCUT2D eigenvalue weighted by atomic mass is 10.1. The molecule has 0 radical (unpaired) electrons. The van der Waals surface area contributed by atoms with Gasteiger partial charge in [-0.2, -0.15) is 0 Å². The molecule has 27 heavy (non-hydrogen) atoms. The molecule has 4 nitrogen and oxygen atoms in total. The third-order valence-electron chi connectivity index (χ3n) is 4.90. The molecule has 2 aromatic carbocycles. The molecule has 1 fully saturated rings. The normalized spacial score (nSPS) is 15.7. The minimum atomic E-state index is -0.0708. The van der Waals surface area contributed by atoms with Crippen molar-refractivity contribution in [1.82, 2.24) is 9.80 Å². The maximum atomic E-state index is 12.2. The Kier molecular flexibility index (Phi) is 7.13. The maximum Gasteiger partial charge on any atom is 0.228 e. The summed E-state index contributed by atoms with van der Waals surface area (Å²) in [4.78, 5) is 17.1. The van der Waals surface area contributed by atoms with Gasteiger partial charge in [0.1, 0.15) is 0 Å². The van der Waals surface area contributed by atoms with E-state index in [1.165, 1.54) is 5.56 Å². The van der Waals surface area contributed by atoms with Crippen LogP contribution in [0.15, 0.2) is 42.5 Å². The maximum absolute atomic E-state index is 12.2. The first-order valence-corrected chi connectivity index (χ1v) is 9.99.